The van der Waals surface area contributed by atoms with Gasteiger partial charge in [0.1, 0.15) is 31.0 Å². The zero-order valence-corrected chi connectivity index (χ0v) is 25.1. The number of rotatable bonds is 12. The van der Waals surface area contributed by atoms with Crippen LogP contribution in [0.15, 0.2) is 91.0 Å². The minimum Gasteiger partial charge on any atom is -0.463 e. The van der Waals surface area contributed by atoms with Gasteiger partial charge in [-0.05, 0) is 16.7 Å². The van der Waals surface area contributed by atoms with E-state index in [-0.39, 0.29) is 26.4 Å². The average molecular weight is 637 g/mol. The summed E-state index contributed by atoms with van der Waals surface area (Å²) in [6, 6.07) is 28.7. The fraction of sp³-hybridized carbons (Fsp3) is 0.355. The Labute approximate surface area is 260 Å². The average Bonchev–Trinajstić information content (AvgIpc) is 2.98. The first-order chi connectivity index (χ1) is 20.2. The maximum absolute atomic E-state index is 11.8. The largest absolute Gasteiger partial charge is 0.463 e. The first kappa shape index (κ1) is 32.2. The van der Waals surface area contributed by atoms with Gasteiger partial charge in [0.25, 0.3) is 3.79 Å². The van der Waals surface area contributed by atoms with Crippen LogP contribution in [0.4, 0.5) is 0 Å². The second-order valence-electron chi connectivity index (χ2n) is 9.57. The maximum Gasteiger partial charge on any atom is 0.302 e. The summed E-state index contributed by atoms with van der Waals surface area (Å²) in [5.74, 6) is -1.17. The second-order valence-corrected chi connectivity index (χ2v) is 11.9. The molecule has 0 amide bonds. The number of hydrogen-bond acceptors (Lipinski definition) is 8. The summed E-state index contributed by atoms with van der Waals surface area (Å²) in [7, 11) is 0. The van der Waals surface area contributed by atoms with E-state index in [1.807, 2.05) is 91.0 Å². The second kappa shape index (κ2) is 15.7. The van der Waals surface area contributed by atoms with Crippen molar-refractivity contribution in [2.45, 2.75) is 61.2 Å². The first-order valence-electron chi connectivity index (χ1n) is 13.3. The van der Waals surface area contributed by atoms with Crippen molar-refractivity contribution < 1.29 is 33.2 Å². The predicted octanol–water partition coefficient (Wildman–Crippen LogP) is 6.39. The summed E-state index contributed by atoms with van der Waals surface area (Å²) in [6.45, 7) is 1.71. The SMILES string of the molecule is CC(=O)OCC1O[C@@H](OC(=N)C(Cl)(Cl)Cl)C(OCc2ccccc2)[C@H](OCc2ccccc2)[C@H]1OCc1ccccc1. The van der Waals surface area contributed by atoms with Crippen LogP contribution < -0.4 is 0 Å². The van der Waals surface area contributed by atoms with Crippen molar-refractivity contribution in [2.75, 3.05) is 6.61 Å². The lowest BCUT2D eigenvalue weighted by Crippen LogP contribution is -2.62. The minimum absolute atomic E-state index is 0.168. The Bertz CT molecular complexity index is 1260. The van der Waals surface area contributed by atoms with Crippen molar-refractivity contribution in [3.8, 4) is 0 Å². The topological polar surface area (TPSA) is 96.3 Å². The molecule has 1 fully saturated rings. The van der Waals surface area contributed by atoms with Gasteiger partial charge in [-0.15, -0.1) is 0 Å². The molecular formula is C31H32Cl3NO7. The molecule has 3 aromatic carbocycles. The van der Waals surface area contributed by atoms with Gasteiger partial charge in [0.05, 0.1) is 19.8 Å². The molecule has 1 heterocycles. The fourth-order valence-corrected chi connectivity index (χ4v) is 4.49. The molecule has 0 spiro atoms. The lowest BCUT2D eigenvalue weighted by molar-refractivity contribution is -0.312. The van der Waals surface area contributed by atoms with E-state index >= 15 is 0 Å². The van der Waals surface area contributed by atoms with Crippen LogP contribution >= 0.6 is 34.8 Å². The number of esters is 1. The first-order valence-corrected chi connectivity index (χ1v) is 14.4. The van der Waals surface area contributed by atoms with Gasteiger partial charge >= 0.3 is 5.97 Å². The van der Waals surface area contributed by atoms with E-state index in [1.165, 1.54) is 6.92 Å². The smallest absolute Gasteiger partial charge is 0.302 e. The van der Waals surface area contributed by atoms with Crippen molar-refractivity contribution in [3.05, 3.63) is 108 Å². The summed E-state index contributed by atoms with van der Waals surface area (Å²) < 4.78 is 34.4. The molecule has 224 valence electrons. The molecule has 1 saturated heterocycles. The molecule has 42 heavy (non-hydrogen) atoms. The number of alkyl halides is 3. The van der Waals surface area contributed by atoms with Crippen molar-refractivity contribution in [3.63, 3.8) is 0 Å². The Morgan fingerprint density at radius 2 is 1.17 bits per heavy atom. The highest BCUT2D eigenvalue weighted by Gasteiger charge is 2.51. The molecule has 0 aromatic heterocycles. The highest BCUT2D eigenvalue weighted by molar-refractivity contribution is 6.76. The summed E-state index contributed by atoms with van der Waals surface area (Å²) in [5, 5.41) is 8.23. The van der Waals surface area contributed by atoms with Gasteiger partial charge < -0.3 is 28.4 Å². The number of ether oxygens (including phenoxy) is 6. The van der Waals surface area contributed by atoms with E-state index in [1.54, 1.807) is 0 Å². The molecule has 1 aliphatic heterocycles. The third kappa shape index (κ3) is 9.67. The molecule has 11 heteroatoms. The predicted molar refractivity (Wildman–Crippen MR) is 159 cm³/mol. The van der Waals surface area contributed by atoms with Gasteiger partial charge in [0, 0.05) is 6.92 Å². The van der Waals surface area contributed by atoms with E-state index in [2.05, 4.69) is 0 Å². The third-order valence-corrected chi connectivity index (χ3v) is 6.90. The Kier molecular flexibility index (Phi) is 12.0. The van der Waals surface area contributed by atoms with E-state index in [0.717, 1.165) is 16.7 Å². The van der Waals surface area contributed by atoms with Crippen LogP contribution in [0.2, 0.25) is 0 Å². The van der Waals surface area contributed by atoms with Gasteiger partial charge in [-0.2, -0.15) is 0 Å². The van der Waals surface area contributed by atoms with E-state index in [0.29, 0.717) is 0 Å². The Morgan fingerprint density at radius 1 is 0.738 bits per heavy atom. The number of carbonyl (C=O) groups is 1. The zero-order valence-electron chi connectivity index (χ0n) is 22.9. The lowest BCUT2D eigenvalue weighted by Gasteiger charge is -2.45. The van der Waals surface area contributed by atoms with Crippen LogP contribution in [-0.4, -0.2) is 53.0 Å². The highest BCUT2D eigenvalue weighted by atomic mass is 35.6. The number of benzene rings is 3. The number of carbonyl (C=O) groups excluding carboxylic acids is 1. The third-order valence-electron chi connectivity index (χ3n) is 6.39. The molecular weight excluding hydrogens is 605 g/mol. The fourth-order valence-electron chi connectivity index (χ4n) is 4.36. The Hall–Kier alpha value is -2.69. The van der Waals surface area contributed by atoms with Crippen molar-refractivity contribution in [1.82, 2.24) is 0 Å². The monoisotopic (exact) mass is 635 g/mol. The van der Waals surface area contributed by atoms with Crippen LogP contribution in [-0.2, 0) is 53.0 Å². The van der Waals surface area contributed by atoms with E-state index in [9.17, 15) is 4.79 Å². The molecule has 0 radical (unpaired) electrons. The van der Waals surface area contributed by atoms with Gasteiger partial charge in [0.2, 0.25) is 12.2 Å². The van der Waals surface area contributed by atoms with Crippen molar-refractivity contribution in [2.24, 2.45) is 0 Å². The molecule has 4 rings (SSSR count). The molecule has 0 saturated carbocycles. The van der Waals surface area contributed by atoms with Gasteiger partial charge in [-0.1, -0.05) is 126 Å². The molecule has 0 bridgehead atoms. The van der Waals surface area contributed by atoms with Crippen LogP contribution in [0.1, 0.15) is 23.6 Å². The molecule has 1 aliphatic rings. The molecule has 8 nitrogen and oxygen atoms in total. The molecule has 5 atom stereocenters. The van der Waals surface area contributed by atoms with Crippen LogP contribution in [0.25, 0.3) is 0 Å². The van der Waals surface area contributed by atoms with E-state index < -0.39 is 46.4 Å². The molecule has 3 aromatic rings. The maximum atomic E-state index is 11.8. The lowest BCUT2D eigenvalue weighted by atomic mass is 9.97. The Morgan fingerprint density at radius 3 is 1.60 bits per heavy atom. The molecule has 0 aliphatic carbocycles. The summed E-state index contributed by atoms with van der Waals surface area (Å²) >= 11 is 17.8. The standard InChI is InChI=1S/C31H32Cl3NO7/c1-21(36)37-20-25-26(38-17-22-11-5-2-6-12-22)27(39-18-23-13-7-3-8-14-23)28(40-19-24-15-9-4-10-16-24)29(41-25)42-30(35)31(32,33)34/h2-16,25-29,35H,17-20H2,1H3/t25?,26-,27+,28?,29-/m0/s1. The highest BCUT2D eigenvalue weighted by Crippen LogP contribution is 2.34. The molecule has 1 N–H and O–H groups in total. The van der Waals surface area contributed by atoms with Gasteiger partial charge in [0.15, 0.2) is 0 Å². The van der Waals surface area contributed by atoms with Crippen LogP contribution in [0.3, 0.4) is 0 Å². The van der Waals surface area contributed by atoms with Crippen molar-refractivity contribution in [1.29, 1.82) is 5.41 Å². The van der Waals surface area contributed by atoms with E-state index in [4.69, 9.17) is 68.6 Å². The number of hydrogen-bond donors (Lipinski definition) is 1. The Balaban J connectivity index is 1.68. The summed E-state index contributed by atoms with van der Waals surface area (Å²) in [6.07, 6.45) is -4.69. The number of halogens is 3. The van der Waals surface area contributed by atoms with Gasteiger partial charge in [-0.3, -0.25) is 10.2 Å². The minimum atomic E-state index is -2.15. The quantitative estimate of drug-likeness (QED) is 0.106. The normalized spacial score (nSPS) is 22.3. The van der Waals surface area contributed by atoms with Crippen LogP contribution in [0.5, 0.6) is 0 Å². The zero-order chi connectivity index (χ0) is 30.0. The number of nitrogens with one attached hydrogen (secondary N) is 1. The summed E-state index contributed by atoms with van der Waals surface area (Å²) in [4.78, 5) is 11.8. The molecule has 2 unspecified atom stereocenters. The van der Waals surface area contributed by atoms with Crippen molar-refractivity contribution >= 4 is 46.7 Å². The summed E-state index contributed by atoms with van der Waals surface area (Å²) in [5.41, 5.74) is 2.72. The van der Waals surface area contributed by atoms with Crippen LogP contribution in [0, 0.1) is 5.41 Å². The van der Waals surface area contributed by atoms with Gasteiger partial charge in [-0.25, -0.2) is 0 Å².